The maximum atomic E-state index is 11.4. The Bertz CT molecular complexity index is 380. The van der Waals surface area contributed by atoms with Crippen LogP contribution in [0.4, 0.5) is 5.69 Å². The van der Waals surface area contributed by atoms with Crippen molar-refractivity contribution in [3.8, 4) is 0 Å². The molecule has 0 saturated heterocycles. The van der Waals surface area contributed by atoms with Crippen molar-refractivity contribution < 1.29 is 13.5 Å². The molecule has 0 bridgehead atoms. The van der Waals surface area contributed by atoms with E-state index < -0.39 is 15.3 Å². The SMILES string of the molecule is CC(O)S(=O)(=O)c1ccc(N)cc1. The van der Waals surface area contributed by atoms with Crippen LogP contribution >= 0.6 is 0 Å². The van der Waals surface area contributed by atoms with Gasteiger partial charge in [0.15, 0.2) is 5.44 Å². The van der Waals surface area contributed by atoms with E-state index in [1.165, 1.54) is 31.2 Å². The number of hydrogen-bond acceptors (Lipinski definition) is 4. The lowest BCUT2D eigenvalue weighted by atomic mass is 10.3. The summed E-state index contributed by atoms with van der Waals surface area (Å²) >= 11 is 0. The van der Waals surface area contributed by atoms with Gasteiger partial charge in [0.1, 0.15) is 0 Å². The molecule has 0 aliphatic rings. The minimum atomic E-state index is -3.59. The zero-order valence-corrected chi connectivity index (χ0v) is 7.95. The summed E-state index contributed by atoms with van der Waals surface area (Å²) < 4.78 is 22.7. The molecular weight excluding hydrogens is 190 g/mol. The Morgan fingerprint density at radius 1 is 1.31 bits per heavy atom. The molecule has 0 aliphatic carbocycles. The van der Waals surface area contributed by atoms with Gasteiger partial charge in [-0.3, -0.25) is 0 Å². The third-order valence-corrected chi connectivity index (χ3v) is 3.49. The summed E-state index contributed by atoms with van der Waals surface area (Å²) in [6.45, 7) is 1.21. The highest BCUT2D eigenvalue weighted by Gasteiger charge is 2.19. The van der Waals surface area contributed by atoms with E-state index in [2.05, 4.69) is 0 Å². The average Bonchev–Trinajstić information content (AvgIpc) is 2.04. The maximum absolute atomic E-state index is 11.4. The average molecular weight is 201 g/mol. The number of anilines is 1. The van der Waals surface area contributed by atoms with Gasteiger partial charge >= 0.3 is 0 Å². The summed E-state index contributed by atoms with van der Waals surface area (Å²) in [5.41, 5.74) is 4.49. The van der Waals surface area contributed by atoms with E-state index in [0.29, 0.717) is 5.69 Å². The standard InChI is InChI=1S/C8H11NO3S/c1-6(10)13(11,12)8-4-2-7(9)3-5-8/h2-6,10H,9H2,1H3. The molecule has 0 heterocycles. The van der Waals surface area contributed by atoms with Gasteiger partial charge in [-0.2, -0.15) is 0 Å². The number of hydrogen-bond donors (Lipinski definition) is 2. The highest BCUT2D eigenvalue weighted by Crippen LogP contribution is 2.15. The first-order valence-electron chi connectivity index (χ1n) is 3.72. The number of aliphatic hydroxyl groups excluding tert-OH is 1. The number of nitrogens with two attached hydrogens (primary N) is 1. The third-order valence-electron chi connectivity index (χ3n) is 1.66. The van der Waals surface area contributed by atoms with Gasteiger partial charge in [-0.25, -0.2) is 8.42 Å². The first kappa shape index (κ1) is 10.0. The molecule has 0 aliphatic heterocycles. The van der Waals surface area contributed by atoms with Gasteiger partial charge < -0.3 is 10.8 Å². The van der Waals surface area contributed by atoms with Crippen molar-refractivity contribution >= 4 is 15.5 Å². The molecule has 72 valence electrons. The second-order valence-electron chi connectivity index (χ2n) is 2.71. The van der Waals surface area contributed by atoms with Crippen LogP contribution in [0.2, 0.25) is 0 Å². The predicted octanol–water partition coefficient (Wildman–Crippen LogP) is 0.381. The molecular formula is C8H11NO3S. The highest BCUT2D eigenvalue weighted by atomic mass is 32.2. The Kier molecular flexibility index (Phi) is 2.58. The fraction of sp³-hybridized carbons (Fsp3) is 0.250. The fourth-order valence-corrected chi connectivity index (χ4v) is 1.76. The largest absolute Gasteiger partial charge is 0.399 e. The van der Waals surface area contributed by atoms with Gasteiger partial charge in [0, 0.05) is 5.69 Å². The van der Waals surface area contributed by atoms with Crippen LogP contribution in [0, 0.1) is 0 Å². The molecule has 3 N–H and O–H groups in total. The number of benzene rings is 1. The van der Waals surface area contributed by atoms with E-state index in [1.54, 1.807) is 0 Å². The van der Waals surface area contributed by atoms with Crippen molar-refractivity contribution in [1.82, 2.24) is 0 Å². The zero-order chi connectivity index (χ0) is 10.1. The number of aliphatic hydroxyl groups is 1. The molecule has 0 aromatic heterocycles. The van der Waals surface area contributed by atoms with Crippen LogP contribution in [0.15, 0.2) is 29.2 Å². The molecule has 0 amide bonds. The molecule has 5 heteroatoms. The van der Waals surface area contributed by atoms with Crippen molar-refractivity contribution in [3.05, 3.63) is 24.3 Å². The first-order chi connectivity index (χ1) is 5.94. The lowest BCUT2D eigenvalue weighted by Gasteiger charge is -2.06. The van der Waals surface area contributed by atoms with Crippen molar-refractivity contribution in [3.63, 3.8) is 0 Å². The third kappa shape index (κ3) is 1.99. The molecule has 0 saturated carbocycles. The van der Waals surface area contributed by atoms with E-state index in [4.69, 9.17) is 10.8 Å². The van der Waals surface area contributed by atoms with Crippen LogP contribution in [-0.4, -0.2) is 19.0 Å². The Morgan fingerprint density at radius 2 is 1.77 bits per heavy atom. The summed E-state index contributed by atoms with van der Waals surface area (Å²) in [6.07, 6.45) is 0. The van der Waals surface area contributed by atoms with E-state index in [0.717, 1.165) is 0 Å². The van der Waals surface area contributed by atoms with Crippen LogP contribution in [-0.2, 0) is 9.84 Å². The minimum absolute atomic E-state index is 0.0803. The summed E-state index contributed by atoms with van der Waals surface area (Å²) in [7, 11) is -3.59. The minimum Gasteiger partial charge on any atom is -0.399 e. The number of sulfone groups is 1. The lowest BCUT2D eigenvalue weighted by molar-refractivity contribution is 0.268. The van der Waals surface area contributed by atoms with Crippen molar-refractivity contribution in [1.29, 1.82) is 0 Å². The zero-order valence-electron chi connectivity index (χ0n) is 7.14. The van der Waals surface area contributed by atoms with Gasteiger partial charge in [0.25, 0.3) is 0 Å². The molecule has 0 fully saturated rings. The van der Waals surface area contributed by atoms with Crippen molar-refractivity contribution in [2.45, 2.75) is 17.3 Å². The fourth-order valence-electron chi connectivity index (χ4n) is 0.854. The second-order valence-corrected chi connectivity index (χ2v) is 4.96. The maximum Gasteiger partial charge on any atom is 0.204 e. The quantitative estimate of drug-likeness (QED) is 0.678. The van der Waals surface area contributed by atoms with Crippen LogP contribution in [0.25, 0.3) is 0 Å². The molecule has 1 aromatic rings. The molecule has 1 atom stereocenters. The molecule has 1 rings (SSSR count). The molecule has 4 nitrogen and oxygen atoms in total. The topological polar surface area (TPSA) is 80.4 Å². The van der Waals surface area contributed by atoms with Gasteiger partial charge in [0.2, 0.25) is 9.84 Å². The van der Waals surface area contributed by atoms with Crippen LogP contribution < -0.4 is 5.73 Å². The van der Waals surface area contributed by atoms with Gasteiger partial charge in [-0.1, -0.05) is 0 Å². The van der Waals surface area contributed by atoms with E-state index in [1.807, 2.05) is 0 Å². The smallest absolute Gasteiger partial charge is 0.204 e. The van der Waals surface area contributed by atoms with E-state index in [9.17, 15) is 8.42 Å². The summed E-state index contributed by atoms with van der Waals surface area (Å²) in [4.78, 5) is 0.0803. The Labute approximate surface area is 76.9 Å². The molecule has 1 aromatic carbocycles. The van der Waals surface area contributed by atoms with Crippen LogP contribution in [0.1, 0.15) is 6.92 Å². The lowest BCUT2D eigenvalue weighted by Crippen LogP contribution is -2.16. The van der Waals surface area contributed by atoms with E-state index >= 15 is 0 Å². The van der Waals surface area contributed by atoms with Crippen LogP contribution in [0.5, 0.6) is 0 Å². The second kappa shape index (κ2) is 3.35. The summed E-state index contributed by atoms with van der Waals surface area (Å²) in [5.74, 6) is 0. The van der Waals surface area contributed by atoms with Crippen molar-refractivity contribution in [2.24, 2.45) is 0 Å². The molecule has 0 radical (unpaired) electrons. The highest BCUT2D eigenvalue weighted by molar-refractivity contribution is 7.91. The summed E-state index contributed by atoms with van der Waals surface area (Å²) in [6, 6.07) is 5.71. The van der Waals surface area contributed by atoms with E-state index in [-0.39, 0.29) is 4.90 Å². The number of nitrogen functional groups attached to an aromatic ring is 1. The van der Waals surface area contributed by atoms with Crippen molar-refractivity contribution in [2.75, 3.05) is 5.73 Å². The van der Waals surface area contributed by atoms with Gasteiger partial charge in [-0.05, 0) is 31.2 Å². The predicted molar refractivity (Wildman–Crippen MR) is 49.7 cm³/mol. The Hall–Kier alpha value is -1.07. The number of rotatable bonds is 2. The first-order valence-corrected chi connectivity index (χ1v) is 5.27. The Morgan fingerprint density at radius 3 is 2.15 bits per heavy atom. The Balaban J connectivity index is 3.17. The molecule has 13 heavy (non-hydrogen) atoms. The van der Waals surface area contributed by atoms with Crippen LogP contribution in [0.3, 0.4) is 0 Å². The molecule has 0 spiro atoms. The molecule has 1 unspecified atom stereocenters. The summed E-state index contributed by atoms with van der Waals surface area (Å²) in [5, 5.41) is 8.98. The normalized spacial score (nSPS) is 14.0. The van der Waals surface area contributed by atoms with Gasteiger partial charge in [-0.15, -0.1) is 0 Å². The van der Waals surface area contributed by atoms with Gasteiger partial charge in [0.05, 0.1) is 4.90 Å². The monoisotopic (exact) mass is 201 g/mol.